The van der Waals surface area contributed by atoms with Crippen LogP contribution in [0.1, 0.15) is 28.6 Å². The molecule has 1 heterocycles. The molecule has 0 aromatic carbocycles. The number of rotatable bonds is 4. The number of nitrogens with one attached hydrogen (secondary N) is 2. The average molecular weight is 238 g/mol. The van der Waals surface area contributed by atoms with Gasteiger partial charge in [0.1, 0.15) is 21.5 Å². The summed E-state index contributed by atoms with van der Waals surface area (Å²) in [5.74, 6) is -0.261. The zero-order valence-corrected chi connectivity index (χ0v) is 10.1. The molecule has 86 valence electrons. The second kappa shape index (κ2) is 5.37. The van der Waals surface area contributed by atoms with Crippen molar-refractivity contribution in [3.63, 3.8) is 0 Å². The van der Waals surface area contributed by atoms with E-state index in [4.69, 9.17) is 11.0 Å². The van der Waals surface area contributed by atoms with Gasteiger partial charge in [0.15, 0.2) is 0 Å². The summed E-state index contributed by atoms with van der Waals surface area (Å²) in [5, 5.41) is 15.2. The van der Waals surface area contributed by atoms with Crippen LogP contribution in [0.25, 0.3) is 0 Å². The number of nitrogen functional groups attached to an aromatic ring is 1. The van der Waals surface area contributed by atoms with E-state index in [1.165, 1.54) is 18.4 Å². The van der Waals surface area contributed by atoms with E-state index in [0.29, 0.717) is 15.4 Å². The Labute approximate surface area is 98.3 Å². The first-order valence-corrected chi connectivity index (χ1v) is 5.75. The minimum absolute atomic E-state index is 0.255. The minimum atomic E-state index is -0.261. The zero-order chi connectivity index (χ0) is 12.1. The maximum absolute atomic E-state index is 11.5. The Bertz CT molecular complexity index is 433. The van der Waals surface area contributed by atoms with E-state index in [1.54, 1.807) is 0 Å². The predicted molar refractivity (Wildman–Crippen MR) is 65.6 cm³/mol. The van der Waals surface area contributed by atoms with Gasteiger partial charge in [-0.25, -0.2) is 0 Å². The fourth-order valence-corrected chi connectivity index (χ4v) is 2.24. The number of thiophene rings is 1. The van der Waals surface area contributed by atoms with Gasteiger partial charge in [-0.05, 0) is 6.42 Å². The largest absolute Gasteiger partial charge is 0.396 e. The van der Waals surface area contributed by atoms with Crippen molar-refractivity contribution in [2.75, 3.05) is 24.6 Å². The van der Waals surface area contributed by atoms with Gasteiger partial charge in [0, 0.05) is 13.6 Å². The first kappa shape index (κ1) is 12.3. The lowest BCUT2D eigenvalue weighted by molar-refractivity contribution is 0.0968. The van der Waals surface area contributed by atoms with Crippen LogP contribution in [0.3, 0.4) is 0 Å². The maximum Gasteiger partial charge on any atom is 0.263 e. The number of nitriles is 1. The van der Waals surface area contributed by atoms with Gasteiger partial charge in [-0.15, -0.1) is 11.3 Å². The first-order chi connectivity index (χ1) is 7.65. The Hall–Kier alpha value is -1.74. The summed E-state index contributed by atoms with van der Waals surface area (Å²) in [7, 11) is 1.53. The van der Waals surface area contributed by atoms with Crippen LogP contribution in [0.5, 0.6) is 0 Å². The van der Waals surface area contributed by atoms with Crippen LogP contribution in [0.2, 0.25) is 0 Å². The average Bonchev–Trinajstić information content (AvgIpc) is 2.62. The Morgan fingerprint density at radius 3 is 2.81 bits per heavy atom. The van der Waals surface area contributed by atoms with E-state index < -0.39 is 0 Å². The molecule has 1 aromatic rings. The van der Waals surface area contributed by atoms with Crippen LogP contribution in [0.4, 0.5) is 10.7 Å². The molecule has 0 aliphatic carbocycles. The molecule has 4 N–H and O–H groups in total. The lowest BCUT2D eigenvalue weighted by atomic mass is 10.2. The van der Waals surface area contributed by atoms with Crippen molar-refractivity contribution in [2.24, 2.45) is 0 Å². The molecule has 0 saturated carbocycles. The standard InChI is InChI=1S/C10H14N4OS/c1-3-4-14-10-6(5-11)7(12)8(16-10)9(15)13-2/h14H,3-4,12H2,1-2H3,(H,13,15). The lowest BCUT2D eigenvalue weighted by Gasteiger charge is -2.00. The highest BCUT2D eigenvalue weighted by Gasteiger charge is 2.19. The molecule has 0 radical (unpaired) electrons. The summed E-state index contributed by atoms with van der Waals surface area (Å²) in [6.45, 7) is 2.78. The lowest BCUT2D eigenvalue weighted by Crippen LogP contribution is -2.17. The third kappa shape index (κ3) is 2.25. The number of carbonyl (C=O) groups excluding carboxylic acids is 1. The molecule has 0 aliphatic heterocycles. The summed E-state index contributed by atoms with van der Waals surface area (Å²) in [4.78, 5) is 11.9. The van der Waals surface area contributed by atoms with E-state index in [9.17, 15) is 4.79 Å². The van der Waals surface area contributed by atoms with Crippen LogP contribution >= 0.6 is 11.3 Å². The maximum atomic E-state index is 11.5. The number of anilines is 2. The monoisotopic (exact) mass is 238 g/mol. The molecule has 5 nitrogen and oxygen atoms in total. The fourth-order valence-electron chi connectivity index (χ4n) is 1.20. The molecule has 1 amide bonds. The van der Waals surface area contributed by atoms with Gasteiger partial charge in [0.2, 0.25) is 0 Å². The van der Waals surface area contributed by atoms with Gasteiger partial charge in [-0.2, -0.15) is 5.26 Å². The van der Waals surface area contributed by atoms with Crippen molar-refractivity contribution in [1.29, 1.82) is 5.26 Å². The smallest absolute Gasteiger partial charge is 0.263 e. The summed E-state index contributed by atoms with van der Waals surface area (Å²) in [6.07, 6.45) is 0.942. The van der Waals surface area contributed by atoms with Crippen molar-refractivity contribution in [3.8, 4) is 6.07 Å². The third-order valence-electron chi connectivity index (χ3n) is 2.03. The molecule has 0 unspecified atom stereocenters. The molecule has 0 atom stereocenters. The Kier molecular flexibility index (Phi) is 4.14. The van der Waals surface area contributed by atoms with Gasteiger partial charge in [-0.1, -0.05) is 6.92 Å². The number of nitrogens with two attached hydrogens (primary N) is 1. The summed E-state index contributed by atoms with van der Waals surface area (Å²) in [6, 6.07) is 2.02. The fraction of sp³-hybridized carbons (Fsp3) is 0.400. The van der Waals surface area contributed by atoms with Gasteiger partial charge in [0.25, 0.3) is 5.91 Å². The van der Waals surface area contributed by atoms with E-state index in [0.717, 1.165) is 13.0 Å². The van der Waals surface area contributed by atoms with Crippen molar-refractivity contribution >= 4 is 27.9 Å². The quantitative estimate of drug-likeness (QED) is 0.739. The molecule has 0 fully saturated rings. The van der Waals surface area contributed by atoms with Crippen LogP contribution in [-0.4, -0.2) is 19.5 Å². The van der Waals surface area contributed by atoms with Crippen molar-refractivity contribution in [3.05, 3.63) is 10.4 Å². The number of hydrogen-bond donors (Lipinski definition) is 3. The highest BCUT2D eigenvalue weighted by Crippen LogP contribution is 2.34. The molecule has 1 aromatic heterocycles. The van der Waals surface area contributed by atoms with Crippen LogP contribution in [0.15, 0.2) is 0 Å². The number of amides is 1. The molecule has 0 saturated heterocycles. The molecular weight excluding hydrogens is 224 g/mol. The van der Waals surface area contributed by atoms with Gasteiger partial charge in [-0.3, -0.25) is 4.79 Å². The second-order valence-corrected chi connectivity index (χ2v) is 4.19. The highest BCUT2D eigenvalue weighted by molar-refractivity contribution is 7.18. The van der Waals surface area contributed by atoms with Gasteiger partial charge in [0.05, 0.1) is 5.69 Å². The topological polar surface area (TPSA) is 90.9 Å². The molecule has 6 heteroatoms. The van der Waals surface area contributed by atoms with Crippen molar-refractivity contribution in [2.45, 2.75) is 13.3 Å². The van der Waals surface area contributed by atoms with E-state index in [1.807, 2.05) is 13.0 Å². The van der Waals surface area contributed by atoms with Gasteiger partial charge < -0.3 is 16.4 Å². The van der Waals surface area contributed by atoms with Crippen LogP contribution in [0, 0.1) is 11.3 Å². The summed E-state index contributed by atoms with van der Waals surface area (Å²) >= 11 is 1.21. The van der Waals surface area contributed by atoms with Crippen molar-refractivity contribution < 1.29 is 4.79 Å². The molecule has 0 aliphatic rings. The predicted octanol–water partition coefficient (Wildman–Crippen LogP) is 1.38. The van der Waals surface area contributed by atoms with E-state index in [-0.39, 0.29) is 11.6 Å². The van der Waals surface area contributed by atoms with Crippen LogP contribution in [-0.2, 0) is 0 Å². The molecular formula is C10H14N4OS. The Morgan fingerprint density at radius 1 is 1.62 bits per heavy atom. The molecule has 1 rings (SSSR count). The van der Waals surface area contributed by atoms with Crippen molar-refractivity contribution in [1.82, 2.24) is 5.32 Å². The summed E-state index contributed by atoms with van der Waals surface area (Å²) < 4.78 is 0. The Morgan fingerprint density at radius 2 is 2.31 bits per heavy atom. The molecule has 0 bridgehead atoms. The zero-order valence-electron chi connectivity index (χ0n) is 9.26. The summed E-state index contributed by atoms with van der Waals surface area (Å²) in [5.41, 5.74) is 6.36. The molecule has 16 heavy (non-hydrogen) atoms. The Balaban J connectivity index is 3.11. The van der Waals surface area contributed by atoms with Gasteiger partial charge >= 0.3 is 0 Å². The highest BCUT2D eigenvalue weighted by atomic mass is 32.1. The SMILES string of the molecule is CCCNc1sc(C(=O)NC)c(N)c1C#N. The number of hydrogen-bond acceptors (Lipinski definition) is 5. The minimum Gasteiger partial charge on any atom is -0.396 e. The van der Waals surface area contributed by atoms with E-state index in [2.05, 4.69) is 10.6 Å². The first-order valence-electron chi connectivity index (χ1n) is 4.94. The van der Waals surface area contributed by atoms with E-state index >= 15 is 0 Å². The number of carbonyl (C=O) groups is 1. The second-order valence-electron chi connectivity index (χ2n) is 3.17. The number of nitrogens with zero attached hydrogens (tertiary/aromatic N) is 1. The van der Waals surface area contributed by atoms with Crippen LogP contribution < -0.4 is 16.4 Å². The molecule has 0 spiro atoms. The third-order valence-corrected chi connectivity index (χ3v) is 3.19. The normalized spacial score (nSPS) is 9.56.